The Kier molecular flexibility index (Phi) is 17.3. The van der Waals surface area contributed by atoms with Crippen molar-refractivity contribution in [1.82, 2.24) is 18.3 Å². The molecule has 4 aromatic heterocycles. The molecule has 0 saturated carbocycles. The van der Waals surface area contributed by atoms with Gasteiger partial charge in [-0.15, -0.1) is 0 Å². The van der Waals surface area contributed by atoms with Gasteiger partial charge < -0.3 is 18.3 Å². The van der Waals surface area contributed by atoms with Crippen LogP contribution in [-0.2, 0) is 10.8 Å². The molecule has 0 spiro atoms. The fourth-order valence-electron chi connectivity index (χ4n) is 18.9. The van der Waals surface area contributed by atoms with Crippen molar-refractivity contribution in [3.63, 3.8) is 0 Å². The maximum Gasteiger partial charge on any atom is 0.123 e. The molecule has 22 rings (SSSR count). The standard InChI is InChI=1S/C58H44F4N2.C52H32F4N2/c1-57(2,3)35-11-7-33(8-12-35)55-43-21-19-42(64-53-25-17-39(61)29-47(53)48-30-40(62)18-26-54(48)64)32-50(43)56(34-9-13-36(14-10-34)58(4,5)6)44-22-20-41(31-49(44)55)63-51-23-15-37(59)27-45(51)46-28-38(60)16-24-52(46)63;1-29-3-7-31(8-4-29)51-39-17-15-38(58-49-21-13-35(55)25-43(49)44-26-36(56)14-22-50(44)58)28-46(39)52(32-9-5-30(2)6-10-32)40-18-16-37(27-45(40)51)57-47-19-11-33(53)23-41(47)42-24-34(54)12-20-48(42)57/h7-32H,1-6H3;3-28H,1-2H3. The van der Waals surface area contributed by atoms with Gasteiger partial charge in [0, 0.05) is 65.8 Å². The van der Waals surface area contributed by atoms with E-state index >= 15 is 0 Å². The summed E-state index contributed by atoms with van der Waals surface area (Å²) in [5.74, 6) is -3.08. The molecule has 4 heterocycles. The number of aryl methyl sites for hydroxylation is 2. The average Bonchev–Trinajstić information content (AvgIpc) is 1.33. The van der Waals surface area contributed by atoms with E-state index in [2.05, 4.69) is 244 Å². The van der Waals surface area contributed by atoms with Gasteiger partial charge >= 0.3 is 0 Å². The topological polar surface area (TPSA) is 19.7 Å². The smallest absolute Gasteiger partial charge is 0.123 e. The lowest BCUT2D eigenvalue weighted by Gasteiger charge is -2.23. The van der Waals surface area contributed by atoms with Crippen molar-refractivity contribution < 1.29 is 35.1 Å². The minimum atomic E-state index is -0.386. The molecule has 4 nitrogen and oxygen atoms in total. The lowest BCUT2D eigenvalue weighted by atomic mass is 9.82. The third-order valence-corrected chi connectivity index (χ3v) is 24.7. The van der Waals surface area contributed by atoms with E-state index in [1.807, 2.05) is 0 Å². The molecule has 122 heavy (non-hydrogen) atoms. The quantitative estimate of drug-likeness (QED) is 0.107. The second-order valence-corrected chi connectivity index (χ2v) is 34.4. The summed E-state index contributed by atoms with van der Waals surface area (Å²) in [6.07, 6.45) is 0. The molecule has 0 saturated heterocycles. The first-order chi connectivity index (χ1) is 58.8. The zero-order valence-electron chi connectivity index (χ0n) is 67.8. The molecule has 592 valence electrons. The van der Waals surface area contributed by atoms with E-state index in [9.17, 15) is 35.1 Å². The predicted octanol–water partition coefficient (Wildman–Crippen LogP) is 31.4. The lowest BCUT2D eigenvalue weighted by molar-refractivity contribution is 0.590. The Balaban J connectivity index is 0.000000151. The first kappa shape index (κ1) is 75.1. The highest BCUT2D eigenvalue weighted by Gasteiger charge is 2.27. The summed E-state index contributed by atoms with van der Waals surface area (Å²) >= 11 is 0. The minimum Gasteiger partial charge on any atom is -0.309 e. The van der Waals surface area contributed by atoms with E-state index in [1.54, 1.807) is 48.5 Å². The first-order valence-corrected chi connectivity index (χ1v) is 40.8. The number of rotatable bonds is 8. The van der Waals surface area contributed by atoms with Crippen molar-refractivity contribution in [2.24, 2.45) is 0 Å². The van der Waals surface area contributed by atoms with Crippen LogP contribution in [0.25, 0.3) is 198 Å². The molecule has 0 unspecified atom stereocenters. The van der Waals surface area contributed by atoms with Crippen molar-refractivity contribution in [2.75, 3.05) is 0 Å². The molecule has 0 aliphatic heterocycles. The first-order valence-electron chi connectivity index (χ1n) is 40.8. The SMILES string of the molecule is CC(C)(C)c1ccc(-c2c3ccc(-n4c5ccc(F)cc5c5cc(F)ccc54)cc3c(-c3ccc(C(C)(C)C)cc3)c3ccc(-n4c5ccc(F)cc5c5cc(F)ccc54)cc23)cc1.Cc1ccc(-c2c3ccc(-n4c5ccc(F)cc5c5cc(F)ccc54)cc3c(-c3ccc(C)cc3)c3ccc(-n4c5ccc(F)cc5c5cc(F)ccc54)cc23)cc1. The Labute approximate surface area is 697 Å². The summed E-state index contributed by atoms with van der Waals surface area (Å²) in [5.41, 5.74) is 22.5. The maximum atomic E-state index is 14.8. The Bertz CT molecular complexity index is 7460. The van der Waals surface area contributed by atoms with Crippen LogP contribution in [0.2, 0.25) is 0 Å². The number of hydrogen-bond donors (Lipinski definition) is 0. The average molecular weight is 1610 g/mol. The Morgan fingerprint density at radius 1 is 0.172 bits per heavy atom. The second kappa shape index (κ2) is 28.1. The van der Waals surface area contributed by atoms with Crippen LogP contribution in [0.3, 0.4) is 0 Å². The maximum absolute atomic E-state index is 14.8. The molecular weight excluding hydrogens is 1530 g/mol. The van der Waals surface area contributed by atoms with E-state index in [1.165, 1.54) is 108 Å². The van der Waals surface area contributed by atoms with Crippen molar-refractivity contribution >= 4 is 130 Å². The highest BCUT2D eigenvalue weighted by atomic mass is 19.2. The van der Waals surface area contributed by atoms with Gasteiger partial charge in [0.1, 0.15) is 46.5 Å². The zero-order valence-corrected chi connectivity index (χ0v) is 67.8. The zero-order chi connectivity index (χ0) is 83.8. The number of benzene rings is 18. The molecule has 0 aliphatic rings. The Hall–Kier alpha value is -14.4. The van der Waals surface area contributed by atoms with Gasteiger partial charge in [-0.1, -0.05) is 174 Å². The van der Waals surface area contributed by atoms with Crippen molar-refractivity contribution in [1.29, 1.82) is 0 Å². The summed E-state index contributed by atoms with van der Waals surface area (Å²) in [7, 11) is 0. The summed E-state index contributed by atoms with van der Waals surface area (Å²) in [4.78, 5) is 0. The van der Waals surface area contributed by atoms with Crippen LogP contribution in [0.4, 0.5) is 35.1 Å². The van der Waals surface area contributed by atoms with Gasteiger partial charge in [0.05, 0.1) is 44.1 Å². The van der Waals surface area contributed by atoms with Crippen LogP contribution in [0.1, 0.15) is 63.8 Å². The second-order valence-electron chi connectivity index (χ2n) is 34.4. The van der Waals surface area contributed by atoms with Crippen LogP contribution < -0.4 is 0 Å². The fraction of sp³-hybridized carbons (Fsp3) is 0.0909. The van der Waals surface area contributed by atoms with Crippen LogP contribution in [-0.4, -0.2) is 18.3 Å². The van der Waals surface area contributed by atoms with Crippen LogP contribution in [0, 0.1) is 60.4 Å². The minimum absolute atomic E-state index is 0.0581. The van der Waals surface area contributed by atoms with Gasteiger partial charge in [-0.3, -0.25) is 0 Å². The Morgan fingerprint density at radius 3 is 0.516 bits per heavy atom. The van der Waals surface area contributed by atoms with Crippen molar-refractivity contribution in [3.8, 4) is 67.3 Å². The number of hydrogen-bond acceptors (Lipinski definition) is 0. The molecule has 0 radical (unpaired) electrons. The molecule has 0 bridgehead atoms. The highest BCUT2D eigenvalue weighted by Crippen LogP contribution is 2.51. The fourth-order valence-corrected chi connectivity index (χ4v) is 18.9. The summed E-state index contributed by atoms with van der Waals surface area (Å²) in [6, 6.07) is 98.0. The molecule has 0 N–H and O–H groups in total. The van der Waals surface area contributed by atoms with E-state index in [-0.39, 0.29) is 57.4 Å². The molecule has 0 aliphatic carbocycles. The summed E-state index contributed by atoms with van der Waals surface area (Å²) in [5, 5.41) is 13.2. The van der Waals surface area contributed by atoms with Crippen LogP contribution in [0.5, 0.6) is 0 Å². The normalized spacial score (nSPS) is 12.3. The molecule has 0 amide bonds. The Morgan fingerprint density at radius 2 is 0.344 bits per heavy atom. The van der Waals surface area contributed by atoms with Gasteiger partial charge in [-0.05, 0) is 318 Å². The third kappa shape index (κ3) is 12.4. The number of aromatic nitrogens is 4. The number of nitrogens with zero attached hydrogens (tertiary/aromatic N) is 4. The van der Waals surface area contributed by atoms with E-state index in [0.717, 1.165) is 166 Å². The predicted molar refractivity (Wildman–Crippen MR) is 489 cm³/mol. The van der Waals surface area contributed by atoms with Gasteiger partial charge in [0.15, 0.2) is 0 Å². The van der Waals surface area contributed by atoms with E-state index in [4.69, 9.17) is 0 Å². The highest BCUT2D eigenvalue weighted by molar-refractivity contribution is 6.25. The molecular formula is C110H76F8N4. The van der Waals surface area contributed by atoms with Crippen molar-refractivity contribution in [3.05, 3.63) is 384 Å². The van der Waals surface area contributed by atoms with Crippen LogP contribution in [0.15, 0.2) is 315 Å². The number of halogens is 8. The molecule has 12 heteroatoms. The summed E-state index contributed by atoms with van der Waals surface area (Å²) < 4.78 is 127. The van der Waals surface area contributed by atoms with E-state index in [0.29, 0.717) is 43.1 Å². The molecule has 0 atom stereocenters. The van der Waals surface area contributed by atoms with Gasteiger partial charge in [0.2, 0.25) is 0 Å². The number of fused-ring (bicyclic) bond motifs is 16. The van der Waals surface area contributed by atoms with Crippen molar-refractivity contribution in [2.45, 2.75) is 66.2 Å². The molecule has 22 aromatic rings. The van der Waals surface area contributed by atoms with Gasteiger partial charge in [0.25, 0.3) is 0 Å². The monoisotopic (exact) mass is 1600 g/mol. The lowest BCUT2D eigenvalue weighted by Crippen LogP contribution is -2.10. The van der Waals surface area contributed by atoms with Crippen LogP contribution >= 0.6 is 0 Å². The molecule has 0 fully saturated rings. The van der Waals surface area contributed by atoms with Gasteiger partial charge in [-0.25, -0.2) is 35.1 Å². The molecule has 18 aromatic carbocycles. The van der Waals surface area contributed by atoms with E-state index < -0.39 is 0 Å². The summed E-state index contributed by atoms with van der Waals surface area (Å²) in [6.45, 7) is 17.4. The third-order valence-electron chi connectivity index (χ3n) is 24.7. The van der Waals surface area contributed by atoms with Gasteiger partial charge in [-0.2, -0.15) is 0 Å². The largest absolute Gasteiger partial charge is 0.309 e.